The molecule has 1 amide bonds. The van der Waals surface area contributed by atoms with Gasteiger partial charge in [0.05, 0.1) is 5.69 Å². The second kappa shape index (κ2) is 5.51. The largest absolute Gasteiger partial charge is 0.397 e. The van der Waals surface area contributed by atoms with Crippen molar-refractivity contribution in [2.24, 2.45) is 5.92 Å². The highest BCUT2D eigenvalue weighted by Crippen LogP contribution is 2.36. The Morgan fingerprint density at radius 1 is 1.30 bits per heavy atom. The Labute approximate surface area is 120 Å². The lowest BCUT2D eigenvalue weighted by atomic mass is 9.78. The number of likely N-dealkylation sites (tertiary alicyclic amines) is 1. The first kappa shape index (κ1) is 13.5. The van der Waals surface area contributed by atoms with E-state index in [1.54, 1.807) is 0 Å². The van der Waals surface area contributed by atoms with Crippen LogP contribution in [0.2, 0.25) is 0 Å². The Balaban J connectivity index is 1.84. The molecule has 110 valence electrons. The molecule has 2 N–H and O–H groups in total. The molecule has 2 aliphatic rings. The van der Waals surface area contributed by atoms with Crippen LogP contribution in [0, 0.1) is 5.92 Å². The molecule has 0 aromatic carbocycles. The van der Waals surface area contributed by atoms with Crippen molar-refractivity contribution in [1.82, 2.24) is 9.47 Å². The third kappa shape index (κ3) is 2.32. The average molecular weight is 275 g/mol. The first-order valence-corrected chi connectivity index (χ1v) is 7.97. The zero-order valence-corrected chi connectivity index (χ0v) is 12.3. The standard InChI is InChI=1S/C16H25N3O/c1-2-18-11-13(17)10-15(18)16(20)19-9-5-7-12-6-3-4-8-14(12)19/h10-12,14H,2-9,17H2,1H3/t12-,14-/m1/s1. The van der Waals surface area contributed by atoms with E-state index in [1.807, 2.05) is 16.8 Å². The minimum Gasteiger partial charge on any atom is -0.397 e. The first-order valence-electron chi connectivity index (χ1n) is 7.97. The molecule has 1 aliphatic heterocycles. The summed E-state index contributed by atoms with van der Waals surface area (Å²) in [5.74, 6) is 0.906. The number of fused-ring (bicyclic) bond motifs is 1. The Hall–Kier alpha value is -1.45. The summed E-state index contributed by atoms with van der Waals surface area (Å²) in [6, 6.07) is 2.30. The number of hydrogen-bond donors (Lipinski definition) is 1. The van der Waals surface area contributed by atoms with Gasteiger partial charge in [0.1, 0.15) is 5.69 Å². The fourth-order valence-electron chi connectivity index (χ4n) is 4.00. The van der Waals surface area contributed by atoms with Gasteiger partial charge in [-0.05, 0) is 44.6 Å². The van der Waals surface area contributed by atoms with E-state index in [9.17, 15) is 4.79 Å². The van der Waals surface area contributed by atoms with E-state index in [0.29, 0.717) is 11.7 Å². The highest BCUT2D eigenvalue weighted by Gasteiger charge is 2.36. The molecule has 0 bridgehead atoms. The van der Waals surface area contributed by atoms with Crippen LogP contribution in [0.1, 0.15) is 55.9 Å². The third-order valence-electron chi connectivity index (χ3n) is 4.98. The second-order valence-corrected chi connectivity index (χ2v) is 6.20. The van der Waals surface area contributed by atoms with Gasteiger partial charge in [0.15, 0.2) is 0 Å². The number of amides is 1. The molecule has 1 saturated heterocycles. The minimum atomic E-state index is 0.181. The van der Waals surface area contributed by atoms with Crippen molar-refractivity contribution in [3.05, 3.63) is 18.0 Å². The predicted octanol–water partition coefficient (Wildman–Crippen LogP) is 2.89. The first-order chi connectivity index (χ1) is 9.70. The van der Waals surface area contributed by atoms with Crippen LogP contribution in [0.15, 0.2) is 12.3 Å². The van der Waals surface area contributed by atoms with E-state index < -0.39 is 0 Å². The van der Waals surface area contributed by atoms with Gasteiger partial charge in [-0.25, -0.2) is 0 Å². The maximum Gasteiger partial charge on any atom is 0.270 e. The number of aromatic nitrogens is 1. The molecule has 0 unspecified atom stereocenters. The highest BCUT2D eigenvalue weighted by atomic mass is 16.2. The lowest BCUT2D eigenvalue weighted by Crippen LogP contribution is -2.50. The second-order valence-electron chi connectivity index (χ2n) is 6.20. The van der Waals surface area contributed by atoms with E-state index in [1.165, 1.54) is 32.1 Å². The van der Waals surface area contributed by atoms with E-state index >= 15 is 0 Å². The van der Waals surface area contributed by atoms with Crippen molar-refractivity contribution in [2.45, 2.75) is 58.0 Å². The van der Waals surface area contributed by atoms with Crippen molar-refractivity contribution < 1.29 is 4.79 Å². The van der Waals surface area contributed by atoms with Crippen LogP contribution in [0.25, 0.3) is 0 Å². The summed E-state index contributed by atoms with van der Waals surface area (Å²) in [6.45, 7) is 3.75. The summed E-state index contributed by atoms with van der Waals surface area (Å²) in [4.78, 5) is 15.0. The monoisotopic (exact) mass is 275 g/mol. The number of nitrogen functional groups attached to an aromatic ring is 1. The van der Waals surface area contributed by atoms with Crippen LogP contribution in [0.3, 0.4) is 0 Å². The van der Waals surface area contributed by atoms with Gasteiger partial charge >= 0.3 is 0 Å². The molecule has 2 fully saturated rings. The van der Waals surface area contributed by atoms with E-state index in [0.717, 1.165) is 31.1 Å². The normalized spacial score (nSPS) is 26.4. The van der Waals surface area contributed by atoms with Crippen LogP contribution in [0.5, 0.6) is 0 Å². The Morgan fingerprint density at radius 3 is 2.85 bits per heavy atom. The Morgan fingerprint density at radius 2 is 2.05 bits per heavy atom. The molecular formula is C16H25N3O. The number of hydrogen-bond acceptors (Lipinski definition) is 2. The molecular weight excluding hydrogens is 250 g/mol. The molecule has 1 aromatic rings. The number of aryl methyl sites for hydroxylation is 1. The van der Waals surface area contributed by atoms with E-state index in [-0.39, 0.29) is 5.91 Å². The molecule has 2 atom stereocenters. The molecule has 4 nitrogen and oxygen atoms in total. The summed E-state index contributed by atoms with van der Waals surface area (Å²) >= 11 is 0. The molecule has 20 heavy (non-hydrogen) atoms. The van der Waals surface area contributed by atoms with Gasteiger partial charge in [-0.15, -0.1) is 0 Å². The third-order valence-corrected chi connectivity index (χ3v) is 4.98. The Kier molecular flexibility index (Phi) is 3.72. The maximum atomic E-state index is 12.9. The summed E-state index contributed by atoms with van der Waals surface area (Å²) in [5.41, 5.74) is 7.31. The van der Waals surface area contributed by atoms with Gasteiger partial charge in [0.2, 0.25) is 0 Å². The SMILES string of the molecule is CCn1cc(N)cc1C(=O)N1CCC[C@H]2CCCC[C@H]21. The van der Waals surface area contributed by atoms with Crippen molar-refractivity contribution >= 4 is 11.6 Å². The molecule has 1 saturated carbocycles. The van der Waals surface area contributed by atoms with Crippen molar-refractivity contribution in [1.29, 1.82) is 0 Å². The zero-order valence-electron chi connectivity index (χ0n) is 12.3. The number of piperidine rings is 1. The number of rotatable bonds is 2. The maximum absolute atomic E-state index is 12.9. The summed E-state index contributed by atoms with van der Waals surface area (Å²) in [5, 5.41) is 0. The molecule has 1 aliphatic carbocycles. The fourth-order valence-corrected chi connectivity index (χ4v) is 4.00. The van der Waals surface area contributed by atoms with Gasteiger partial charge in [-0.1, -0.05) is 12.8 Å². The average Bonchev–Trinajstić information content (AvgIpc) is 2.87. The van der Waals surface area contributed by atoms with E-state index in [2.05, 4.69) is 11.8 Å². The molecule has 1 aromatic heterocycles. The van der Waals surface area contributed by atoms with Crippen molar-refractivity contribution in [2.75, 3.05) is 12.3 Å². The fraction of sp³-hybridized carbons (Fsp3) is 0.688. The topological polar surface area (TPSA) is 51.3 Å². The Bertz CT molecular complexity index is 492. The molecule has 4 heteroatoms. The summed E-state index contributed by atoms with van der Waals surface area (Å²) in [7, 11) is 0. The van der Waals surface area contributed by atoms with Gasteiger partial charge in [0, 0.05) is 25.3 Å². The predicted molar refractivity (Wildman–Crippen MR) is 80.5 cm³/mol. The van der Waals surface area contributed by atoms with Gasteiger partial charge in [-0.2, -0.15) is 0 Å². The quantitative estimate of drug-likeness (QED) is 0.902. The smallest absolute Gasteiger partial charge is 0.270 e. The zero-order chi connectivity index (χ0) is 14.1. The number of carbonyl (C=O) groups excluding carboxylic acids is 1. The van der Waals surface area contributed by atoms with E-state index in [4.69, 9.17) is 5.73 Å². The van der Waals surface area contributed by atoms with Gasteiger partial charge in [0.25, 0.3) is 5.91 Å². The highest BCUT2D eigenvalue weighted by molar-refractivity contribution is 5.94. The van der Waals surface area contributed by atoms with Crippen LogP contribution in [0.4, 0.5) is 5.69 Å². The van der Waals surface area contributed by atoms with Crippen LogP contribution < -0.4 is 5.73 Å². The van der Waals surface area contributed by atoms with Crippen LogP contribution >= 0.6 is 0 Å². The van der Waals surface area contributed by atoms with Crippen molar-refractivity contribution in [3.63, 3.8) is 0 Å². The number of anilines is 1. The number of nitrogens with zero attached hydrogens (tertiary/aromatic N) is 2. The minimum absolute atomic E-state index is 0.181. The van der Waals surface area contributed by atoms with Crippen LogP contribution in [-0.4, -0.2) is 28.0 Å². The molecule has 2 heterocycles. The number of carbonyl (C=O) groups is 1. The summed E-state index contributed by atoms with van der Waals surface area (Å²) in [6.07, 6.45) is 9.39. The molecule has 3 rings (SSSR count). The van der Waals surface area contributed by atoms with Crippen LogP contribution in [-0.2, 0) is 6.54 Å². The van der Waals surface area contributed by atoms with Gasteiger partial charge in [-0.3, -0.25) is 4.79 Å². The number of nitrogens with two attached hydrogens (primary N) is 1. The van der Waals surface area contributed by atoms with Gasteiger partial charge < -0.3 is 15.2 Å². The lowest BCUT2D eigenvalue weighted by Gasteiger charge is -2.44. The van der Waals surface area contributed by atoms with Crippen molar-refractivity contribution in [3.8, 4) is 0 Å². The molecule has 0 radical (unpaired) electrons. The molecule has 0 spiro atoms. The lowest BCUT2D eigenvalue weighted by molar-refractivity contribution is 0.0381. The summed E-state index contributed by atoms with van der Waals surface area (Å²) < 4.78 is 1.98.